The molecule has 6 aromatic rings. The first-order valence-corrected chi connectivity index (χ1v) is 21.4. The second kappa shape index (κ2) is 23.5. The number of rotatable bonds is 15. The number of aromatic hydroxyl groups is 3. The highest BCUT2D eigenvalue weighted by Gasteiger charge is 2.31. The van der Waals surface area contributed by atoms with Gasteiger partial charge in [-0.15, -0.1) is 0 Å². The van der Waals surface area contributed by atoms with Crippen LogP contribution in [0, 0.1) is 0 Å². The number of benzene rings is 3. The smallest absolute Gasteiger partial charge is 0.344 e. The van der Waals surface area contributed by atoms with Gasteiger partial charge >= 0.3 is 34.8 Å². The summed E-state index contributed by atoms with van der Waals surface area (Å²) >= 11 is 0. The fourth-order valence-electron chi connectivity index (χ4n) is 6.87. The molecule has 0 saturated heterocycles. The van der Waals surface area contributed by atoms with Gasteiger partial charge in [-0.1, -0.05) is 77.4 Å². The van der Waals surface area contributed by atoms with Crippen LogP contribution in [0.2, 0.25) is 0 Å². The van der Waals surface area contributed by atoms with Crippen LogP contribution in [0.3, 0.4) is 0 Å². The van der Waals surface area contributed by atoms with Gasteiger partial charge in [-0.3, -0.25) is 14.4 Å². The summed E-state index contributed by atoms with van der Waals surface area (Å²) in [5, 5.41) is 32.3. The molecular formula is C49H56O15. The molecule has 3 aromatic heterocycles. The van der Waals surface area contributed by atoms with Crippen molar-refractivity contribution in [2.75, 3.05) is 13.2 Å². The van der Waals surface area contributed by atoms with Gasteiger partial charge in [0.25, 0.3) is 0 Å². The van der Waals surface area contributed by atoms with Crippen molar-refractivity contribution in [3.05, 3.63) is 121 Å². The maximum absolute atomic E-state index is 12.2. The quantitative estimate of drug-likeness (QED) is 0.0378. The summed E-state index contributed by atoms with van der Waals surface area (Å²) in [4.78, 5) is 72.7. The Bertz CT molecular complexity index is 2720. The minimum Gasteiger partial charge on any atom is -0.507 e. The third-order valence-corrected chi connectivity index (χ3v) is 10.1. The van der Waals surface area contributed by atoms with Gasteiger partial charge in [0.15, 0.2) is 0 Å². The summed E-state index contributed by atoms with van der Waals surface area (Å²) in [6, 6.07) is 20.0. The van der Waals surface area contributed by atoms with Crippen LogP contribution < -0.4 is 16.9 Å². The Morgan fingerprint density at radius 2 is 0.828 bits per heavy atom. The van der Waals surface area contributed by atoms with Crippen LogP contribution in [0.5, 0.6) is 17.2 Å². The number of esters is 3. The predicted molar refractivity (Wildman–Crippen MR) is 240 cm³/mol. The summed E-state index contributed by atoms with van der Waals surface area (Å²) in [6.45, 7) is 13.2. The molecule has 3 heterocycles. The van der Waals surface area contributed by atoms with E-state index in [0.717, 1.165) is 12.8 Å². The summed E-state index contributed by atoms with van der Waals surface area (Å²) < 4.78 is 31.0. The third kappa shape index (κ3) is 11.8. The lowest BCUT2D eigenvalue weighted by molar-refractivity contribution is -0.149. The van der Waals surface area contributed by atoms with E-state index in [4.69, 9.17) is 27.5 Å². The number of hydrogen-bond donors (Lipinski definition) is 3. The van der Waals surface area contributed by atoms with E-state index in [9.17, 15) is 44.1 Å². The zero-order valence-electron chi connectivity index (χ0n) is 37.1. The van der Waals surface area contributed by atoms with Crippen molar-refractivity contribution in [3.63, 3.8) is 0 Å². The lowest BCUT2D eigenvalue weighted by atomic mass is 9.96. The van der Waals surface area contributed by atoms with Gasteiger partial charge in [-0.25, -0.2) is 14.4 Å². The van der Waals surface area contributed by atoms with Crippen molar-refractivity contribution in [2.24, 2.45) is 0 Å². The Balaban J connectivity index is 0.000000210. The first kappa shape index (κ1) is 49.8. The normalized spacial score (nSPS) is 12.4. The Labute approximate surface area is 369 Å². The van der Waals surface area contributed by atoms with Gasteiger partial charge < -0.3 is 42.8 Å². The van der Waals surface area contributed by atoms with Gasteiger partial charge in [0.05, 0.1) is 69.9 Å². The molecule has 0 aliphatic carbocycles. The Kier molecular flexibility index (Phi) is 18.3. The van der Waals surface area contributed by atoms with E-state index in [1.165, 1.54) is 0 Å². The van der Waals surface area contributed by atoms with Gasteiger partial charge in [-0.05, 0) is 82.3 Å². The van der Waals surface area contributed by atoms with Crippen molar-refractivity contribution in [2.45, 2.75) is 111 Å². The maximum Gasteiger partial charge on any atom is 0.344 e. The van der Waals surface area contributed by atoms with Gasteiger partial charge in [0.2, 0.25) is 0 Å². The average molecular weight is 885 g/mol. The first-order valence-electron chi connectivity index (χ1n) is 21.4. The molecule has 6 rings (SSSR count). The molecule has 0 aliphatic rings. The molecule has 0 spiro atoms. The van der Waals surface area contributed by atoms with Gasteiger partial charge in [0.1, 0.15) is 34.0 Å². The van der Waals surface area contributed by atoms with E-state index < -0.39 is 52.5 Å². The van der Waals surface area contributed by atoms with E-state index in [1.54, 1.807) is 107 Å². The van der Waals surface area contributed by atoms with E-state index in [-0.39, 0.29) is 52.2 Å². The highest BCUT2D eigenvalue weighted by atomic mass is 16.5. The van der Waals surface area contributed by atoms with Crippen molar-refractivity contribution in [3.8, 4) is 17.2 Å². The standard InChI is InChI=1S/C17H20O5.2C16H18O5/c1-3-5-10-21-16(19)11(4-2)14-15(18)12-8-6-7-9-13(12)22-17(14)20;1-4-10(15(18)20-9(2)3)13-14(17)11-7-5-6-8-12(11)21-16(13)19;1-3-9-20-15(18)10(4-2)13-14(17)11-7-5-6-8-12(11)21-16(13)19/h6-9,11,18H,3-5,10H2,1-2H3;5-10,17H,4H2,1-3H3;5-8,10,17H,3-4,9H2,1-2H3. The summed E-state index contributed by atoms with van der Waals surface area (Å²) in [6.07, 6.45) is 3.11. The molecule has 0 aliphatic heterocycles. The molecule has 0 fully saturated rings. The molecule has 3 unspecified atom stereocenters. The predicted octanol–water partition coefficient (Wildman–Crippen LogP) is 9.22. The molecule has 0 radical (unpaired) electrons. The Hall–Kier alpha value is -6.90. The van der Waals surface area contributed by atoms with Crippen LogP contribution in [-0.4, -0.2) is 52.5 Å². The first-order chi connectivity index (χ1) is 30.6. The average Bonchev–Trinajstić information content (AvgIpc) is 3.27. The highest BCUT2D eigenvalue weighted by molar-refractivity contribution is 5.89. The fraction of sp³-hybridized carbons (Fsp3) is 0.388. The molecule has 0 amide bonds. The van der Waals surface area contributed by atoms with E-state index in [0.29, 0.717) is 59.6 Å². The second-order valence-electron chi connectivity index (χ2n) is 15.0. The lowest BCUT2D eigenvalue weighted by Crippen LogP contribution is -2.24. The molecule has 3 atom stereocenters. The number of hydrogen-bond acceptors (Lipinski definition) is 15. The van der Waals surface area contributed by atoms with Gasteiger partial charge in [-0.2, -0.15) is 0 Å². The van der Waals surface area contributed by atoms with E-state index in [1.807, 2.05) is 13.8 Å². The second-order valence-corrected chi connectivity index (χ2v) is 15.0. The number of ether oxygens (including phenoxy) is 3. The number of carbonyl (C=O) groups excluding carboxylic acids is 3. The Morgan fingerprint density at radius 3 is 1.14 bits per heavy atom. The number of unbranched alkanes of at least 4 members (excludes halogenated alkanes) is 1. The monoisotopic (exact) mass is 884 g/mol. The number of para-hydroxylation sites is 3. The summed E-state index contributed by atoms with van der Waals surface area (Å²) in [5.74, 6) is -4.66. The summed E-state index contributed by atoms with van der Waals surface area (Å²) in [7, 11) is 0. The largest absolute Gasteiger partial charge is 0.507 e. The van der Waals surface area contributed by atoms with Gasteiger partial charge in [0, 0.05) is 0 Å². The SMILES string of the molecule is CCC(C(=O)OC(C)C)c1c(O)c2ccccc2oc1=O.CCCCOC(=O)C(CC)c1c(O)c2ccccc2oc1=O.CCCOC(=O)C(CC)c1c(O)c2ccccc2oc1=O. The summed E-state index contributed by atoms with van der Waals surface area (Å²) in [5.41, 5.74) is -1.33. The maximum atomic E-state index is 12.2. The molecule has 15 heteroatoms. The van der Waals surface area contributed by atoms with Crippen LogP contribution in [0.4, 0.5) is 0 Å². The van der Waals surface area contributed by atoms with E-state index >= 15 is 0 Å². The number of fused-ring (bicyclic) bond motifs is 3. The topological polar surface area (TPSA) is 230 Å². The molecule has 0 saturated carbocycles. The Morgan fingerprint density at radius 1 is 0.500 bits per heavy atom. The molecule has 15 nitrogen and oxygen atoms in total. The fourth-order valence-corrected chi connectivity index (χ4v) is 6.87. The van der Waals surface area contributed by atoms with Crippen molar-refractivity contribution in [1.82, 2.24) is 0 Å². The van der Waals surface area contributed by atoms with Crippen LogP contribution >= 0.6 is 0 Å². The van der Waals surface area contributed by atoms with Crippen LogP contribution in [0.15, 0.2) is 100 Å². The minimum atomic E-state index is -0.840. The van der Waals surface area contributed by atoms with E-state index in [2.05, 4.69) is 0 Å². The molecular weight excluding hydrogens is 829 g/mol. The minimum absolute atomic E-state index is 0.0253. The van der Waals surface area contributed by atoms with Crippen molar-refractivity contribution in [1.29, 1.82) is 0 Å². The molecule has 0 bridgehead atoms. The van der Waals surface area contributed by atoms with Crippen molar-refractivity contribution >= 4 is 50.8 Å². The van der Waals surface area contributed by atoms with Crippen LogP contribution in [0.25, 0.3) is 32.9 Å². The zero-order valence-corrected chi connectivity index (χ0v) is 37.1. The lowest BCUT2D eigenvalue weighted by Gasteiger charge is -2.17. The molecule has 3 N–H and O–H groups in total. The number of carbonyl (C=O) groups is 3. The third-order valence-electron chi connectivity index (χ3n) is 10.1. The van der Waals surface area contributed by atoms with Crippen LogP contribution in [-0.2, 0) is 28.6 Å². The molecule has 64 heavy (non-hydrogen) atoms. The molecule has 3 aromatic carbocycles. The zero-order chi connectivity index (χ0) is 47.1. The highest BCUT2D eigenvalue weighted by Crippen LogP contribution is 2.35. The molecule has 342 valence electrons. The van der Waals surface area contributed by atoms with Crippen LogP contribution in [0.1, 0.15) is 121 Å². The van der Waals surface area contributed by atoms with Crippen molar-refractivity contribution < 1.29 is 57.2 Å².